The van der Waals surface area contributed by atoms with Gasteiger partial charge in [-0.05, 0) is 37.0 Å². The number of rotatable bonds is 4. The summed E-state index contributed by atoms with van der Waals surface area (Å²) in [6, 6.07) is 17.4. The molecule has 0 saturated carbocycles. The molecule has 28 heavy (non-hydrogen) atoms. The monoisotopic (exact) mass is 392 g/mol. The van der Waals surface area contributed by atoms with E-state index in [0.29, 0.717) is 10.9 Å². The summed E-state index contributed by atoms with van der Waals surface area (Å²) in [6.45, 7) is 0. The number of aryl methyl sites for hydroxylation is 1. The quantitative estimate of drug-likeness (QED) is 0.783. The van der Waals surface area contributed by atoms with Crippen molar-refractivity contribution in [3.63, 3.8) is 0 Å². The van der Waals surface area contributed by atoms with E-state index in [1.54, 1.807) is 0 Å². The molecule has 1 saturated heterocycles. The van der Waals surface area contributed by atoms with E-state index < -0.39 is 5.25 Å². The van der Waals surface area contributed by atoms with Crippen LogP contribution in [-0.4, -0.2) is 27.9 Å². The van der Waals surface area contributed by atoms with Crippen molar-refractivity contribution in [3.05, 3.63) is 65.7 Å². The highest BCUT2D eigenvalue weighted by molar-refractivity contribution is 8.15. The molecular weight excluding hydrogens is 372 g/mol. The number of carbonyl (C=O) groups is 2. The molecule has 0 bridgehead atoms. The molecule has 0 spiro atoms. The lowest BCUT2D eigenvalue weighted by Gasteiger charge is -2.16. The number of para-hydroxylation sites is 1. The smallest absolute Gasteiger partial charge is 0.240 e. The van der Waals surface area contributed by atoms with E-state index in [1.165, 1.54) is 17.3 Å². The lowest BCUT2D eigenvalue weighted by molar-refractivity contribution is -0.122. The molecule has 2 amide bonds. The summed E-state index contributed by atoms with van der Waals surface area (Å²) in [5.41, 5.74) is 4.07. The standard InChI is InChI=1S/C21H20N4O2S/c26-19(22-15-9-2-1-3-10-15)13-18-20(27)23-21(28-18)25-24-17-12-6-8-14-7-4-5-11-16(14)17/h1-5,7,9-11,18H,6,8,12-13H2,(H,22,26)(H,23,25,27)/b24-17-/t18-/m1/s1. The van der Waals surface area contributed by atoms with Gasteiger partial charge in [-0.3, -0.25) is 9.59 Å². The van der Waals surface area contributed by atoms with E-state index in [1.807, 2.05) is 42.5 Å². The van der Waals surface area contributed by atoms with Crippen molar-refractivity contribution in [2.75, 3.05) is 5.32 Å². The Morgan fingerprint density at radius 3 is 2.71 bits per heavy atom. The Bertz CT molecular complexity index is 956. The molecule has 0 unspecified atom stereocenters. The zero-order valence-electron chi connectivity index (χ0n) is 15.2. The van der Waals surface area contributed by atoms with Crippen molar-refractivity contribution >= 4 is 40.1 Å². The van der Waals surface area contributed by atoms with Gasteiger partial charge in [0.25, 0.3) is 0 Å². The van der Waals surface area contributed by atoms with E-state index in [9.17, 15) is 9.59 Å². The van der Waals surface area contributed by atoms with Crippen molar-refractivity contribution in [1.82, 2.24) is 5.32 Å². The zero-order valence-corrected chi connectivity index (χ0v) is 16.0. The Labute approximate surface area is 167 Å². The summed E-state index contributed by atoms with van der Waals surface area (Å²) in [6.07, 6.45) is 3.05. The van der Waals surface area contributed by atoms with Gasteiger partial charge in [0, 0.05) is 17.7 Å². The normalized spacial score (nSPS) is 21.4. The maximum Gasteiger partial charge on any atom is 0.240 e. The van der Waals surface area contributed by atoms with Gasteiger partial charge in [0.05, 0.1) is 5.71 Å². The van der Waals surface area contributed by atoms with Crippen LogP contribution in [0.3, 0.4) is 0 Å². The SMILES string of the molecule is O=C(C[C@H]1S/C(=N/N=C2/CCCc3ccccc32)NC1=O)Nc1ccccc1. The molecule has 2 N–H and O–H groups in total. The van der Waals surface area contributed by atoms with E-state index in [0.717, 1.165) is 30.5 Å². The number of fused-ring (bicyclic) bond motifs is 1. The van der Waals surface area contributed by atoms with Crippen LogP contribution in [0.5, 0.6) is 0 Å². The van der Waals surface area contributed by atoms with Crippen LogP contribution < -0.4 is 10.6 Å². The van der Waals surface area contributed by atoms with Gasteiger partial charge >= 0.3 is 0 Å². The fourth-order valence-corrected chi connectivity index (χ4v) is 4.22. The van der Waals surface area contributed by atoms with E-state index in [2.05, 4.69) is 33.0 Å². The summed E-state index contributed by atoms with van der Waals surface area (Å²) < 4.78 is 0. The predicted octanol–water partition coefficient (Wildman–Crippen LogP) is 3.34. The summed E-state index contributed by atoms with van der Waals surface area (Å²) in [5, 5.41) is 14.1. The second-order valence-corrected chi connectivity index (χ2v) is 7.87. The van der Waals surface area contributed by atoms with Crippen molar-refractivity contribution < 1.29 is 9.59 Å². The molecule has 1 fully saturated rings. The van der Waals surface area contributed by atoms with Crippen molar-refractivity contribution in [3.8, 4) is 0 Å². The molecular formula is C21H20N4O2S. The molecule has 142 valence electrons. The van der Waals surface area contributed by atoms with Gasteiger partial charge in [0.2, 0.25) is 11.8 Å². The van der Waals surface area contributed by atoms with E-state index in [4.69, 9.17) is 0 Å². The summed E-state index contributed by atoms with van der Waals surface area (Å²) in [5.74, 6) is -0.413. The number of amides is 2. The predicted molar refractivity (Wildman–Crippen MR) is 113 cm³/mol. The third-order valence-corrected chi connectivity index (χ3v) is 5.73. The number of hydrogen-bond acceptors (Lipinski definition) is 5. The molecule has 1 atom stereocenters. The first kappa shape index (κ1) is 18.4. The van der Waals surface area contributed by atoms with Crippen LogP contribution in [0.15, 0.2) is 64.8 Å². The summed E-state index contributed by atoms with van der Waals surface area (Å²) >= 11 is 1.25. The summed E-state index contributed by atoms with van der Waals surface area (Å²) in [7, 11) is 0. The largest absolute Gasteiger partial charge is 0.326 e. The molecule has 1 aliphatic heterocycles. The molecule has 2 aromatic rings. The molecule has 2 aliphatic rings. The van der Waals surface area contributed by atoms with Crippen LogP contribution in [0.2, 0.25) is 0 Å². The van der Waals surface area contributed by atoms with Crippen LogP contribution in [-0.2, 0) is 16.0 Å². The van der Waals surface area contributed by atoms with Gasteiger partial charge in [-0.15, -0.1) is 5.10 Å². The first-order valence-corrected chi connectivity index (χ1v) is 10.1. The molecule has 0 radical (unpaired) electrons. The van der Waals surface area contributed by atoms with E-state index in [-0.39, 0.29) is 18.2 Å². The minimum atomic E-state index is -0.499. The minimum Gasteiger partial charge on any atom is -0.326 e. The average Bonchev–Trinajstić information content (AvgIpc) is 3.06. The number of thioether (sulfide) groups is 1. The van der Waals surface area contributed by atoms with Crippen LogP contribution in [0.1, 0.15) is 30.4 Å². The fourth-order valence-electron chi connectivity index (χ4n) is 3.30. The van der Waals surface area contributed by atoms with Crippen LogP contribution >= 0.6 is 11.8 Å². The topological polar surface area (TPSA) is 82.9 Å². The Hall–Kier alpha value is -2.93. The first-order chi connectivity index (χ1) is 13.7. The minimum absolute atomic E-state index is 0.0871. The van der Waals surface area contributed by atoms with Gasteiger partial charge in [0.1, 0.15) is 5.25 Å². The molecule has 0 aromatic heterocycles. The number of carbonyl (C=O) groups excluding carboxylic acids is 2. The highest BCUT2D eigenvalue weighted by Gasteiger charge is 2.32. The Morgan fingerprint density at radius 2 is 1.86 bits per heavy atom. The maximum atomic E-state index is 12.2. The highest BCUT2D eigenvalue weighted by Crippen LogP contribution is 2.25. The third kappa shape index (κ3) is 4.31. The highest BCUT2D eigenvalue weighted by atomic mass is 32.2. The molecule has 1 heterocycles. The molecule has 4 rings (SSSR count). The Kier molecular flexibility index (Phi) is 5.53. The van der Waals surface area contributed by atoms with E-state index >= 15 is 0 Å². The molecule has 7 heteroatoms. The number of anilines is 1. The van der Waals surface area contributed by atoms with Crippen LogP contribution in [0, 0.1) is 0 Å². The van der Waals surface area contributed by atoms with Crippen molar-refractivity contribution in [2.24, 2.45) is 10.2 Å². The van der Waals surface area contributed by atoms with Gasteiger partial charge in [0.15, 0.2) is 5.17 Å². The lowest BCUT2D eigenvalue weighted by atomic mass is 9.90. The van der Waals surface area contributed by atoms with Crippen LogP contribution in [0.25, 0.3) is 0 Å². The zero-order chi connectivity index (χ0) is 19.3. The summed E-state index contributed by atoms with van der Waals surface area (Å²) in [4.78, 5) is 24.4. The fraction of sp³-hybridized carbons (Fsp3) is 0.238. The molecule has 1 aliphatic carbocycles. The molecule has 2 aromatic carbocycles. The van der Waals surface area contributed by atoms with Crippen molar-refractivity contribution in [1.29, 1.82) is 0 Å². The van der Waals surface area contributed by atoms with Gasteiger partial charge in [-0.25, -0.2) is 0 Å². The van der Waals surface area contributed by atoms with Gasteiger partial charge < -0.3 is 10.6 Å². The average molecular weight is 392 g/mol. The number of benzene rings is 2. The number of amidine groups is 1. The Morgan fingerprint density at radius 1 is 1.07 bits per heavy atom. The first-order valence-electron chi connectivity index (χ1n) is 9.24. The second kappa shape index (κ2) is 8.39. The number of nitrogens with one attached hydrogen (secondary N) is 2. The Balaban J connectivity index is 1.40. The van der Waals surface area contributed by atoms with Crippen LogP contribution in [0.4, 0.5) is 5.69 Å². The van der Waals surface area contributed by atoms with Crippen molar-refractivity contribution in [2.45, 2.75) is 30.9 Å². The number of nitrogens with zero attached hydrogens (tertiary/aromatic N) is 2. The molecule has 6 nitrogen and oxygen atoms in total. The lowest BCUT2D eigenvalue weighted by Crippen LogP contribution is -2.28. The second-order valence-electron chi connectivity index (χ2n) is 6.68. The maximum absolute atomic E-state index is 12.2. The third-order valence-electron chi connectivity index (χ3n) is 4.65. The van der Waals surface area contributed by atoms with Gasteiger partial charge in [-0.2, -0.15) is 5.10 Å². The number of hydrogen-bond donors (Lipinski definition) is 2. The van der Waals surface area contributed by atoms with Gasteiger partial charge in [-0.1, -0.05) is 54.2 Å².